The number of carbonyl (C=O) groups excluding carboxylic acids is 2. The first-order valence-electron chi connectivity index (χ1n) is 12.1. The molecule has 1 spiro atoms. The number of benzene rings is 2. The third-order valence-corrected chi connectivity index (χ3v) is 6.53. The lowest BCUT2D eigenvalue weighted by Crippen LogP contribution is -2.49. The first-order valence-corrected chi connectivity index (χ1v) is 12.1. The number of aryl methyl sites for hydroxylation is 1. The number of aliphatic hydroxyl groups excluding tert-OH is 1. The van der Waals surface area contributed by atoms with Gasteiger partial charge in [-0.05, 0) is 30.7 Å². The molecular weight excluding hydrogens is 509 g/mol. The Morgan fingerprint density at radius 2 is 1.92 bits per heavy atom. The van der Waals surface area contributed by atoms with Crippen molar-refractivity contribution in [1.82, 2.24) is 4.90 Å². The Labute approximate surface area is 217 Å². The smallest absolute Gasteiger partial charge is 0.490 e. The zero-order chi connectivity index (χ0) is 27.5. The van der Waals surface area contributed by atoms with Gasteiger partial charge in [0.25, 0.3) is 5.91 Å². The van der Waals surface area contributed by atoms with Gasteiger partial charge in [-0.1, -0.05) is 17.7 Å². The molecule has 12 heteroatoms. The SMILES string of the molecule is Cc1ccc2c(c1)CC1(CCN(C[C@@H](O)COc3cc(O)ccc3NC(=O)COC(=O)C(F)(F)F)CC1)O2. The molecule has 2 heterocycles. The predicted molar refractivity (Wildman–Crippen MR) is 129 cm³/mol. The molecule has 2 aromatic rings. The Morgan fingerprint density at radius 3 is 2.63 bits per heavy atom. The van der Waals surface area contributed by atoms with Crippen molar-refractivity contribution in [3.05, 3.63) is 47.5 Å². The maximum absolute atomic E-state index is 12.2. The molecular formula is C26H29F3N2O7. The van der Waals surface area contributed by atoms with Crippen molar-refractivity contribution < 1.29 is 47.2 Å². The van der Waals surface area contributed by atoms with Crippen LogP contribution in [0.4, 0.5) is 18.9 Å². The lowest BCUT2D eigenvalue weighted by molar-refractivity contribution is -0.199. The van der Waals surface area contributed by atoms with E-state index in [0.717, 1.165) is 38.1 Å². The molecule has 1 amide bonds. The number of hydrogen-bond donors (Lipinski definition) is 3. The number of ether oxygens (including phenoxy) is 3. The number of β-amino-alcohol motifs (C(OH)–C–C–N with tert-alkyl or cyclic N) is 1. The number of phenolic OH excluding ortho intramolecular Hbond substituents is 1. The van der Waals surface area contributed by atoms with Crippen LogP contribution in [-0.4, -0.2) is 77.7 Å². The second kappa shape index (κ2) is 11.1. The third-order valence-electron chi connectivity index (χ3n) is 6.53. The number of fused-ring (bicyclic) bond motifs is 1. The van der Waals surface area contributed by atoms with Gasteiger partial charge in [0.15, 0.2) is 6.61 Å². The molecule has 0 radical (unpaired) electrons. The number of nitrogens with zero attached hydrogens (tertiary/aromatic N) is 1. The van der Waals surface area contributed by atoms with E-state index in [1.165, 1.54) is 29.3 Å². The summed E-state index contributed by atoms with van der Waals surface area (Å²) in [5, 5.41) is 22.6. The van der Waals surface area contributed by atoms with E-state index in [1.54, 1.807) is 0 Å². The Morgan fingerprint density at radius 1 is 1.18 bits per heavy atom. The molecule has 0 aliphatic carbocycles. The van der Waals surface area contributed by atoms with Crippen molar-refractivity contribution in [1.29, 1.82) is 0 Å². The normalized spacial score (nSPS) is 17.4. The highest BCUT2D eigenvalue weighted by atomic mass is 19.4. The average molecular weight is 539 g/mol. The van der Waals surface area contributed by atoms with Crippen LogP contribution in [-0.2, 0) is 20.7 Å². The standard InChI is InChI=1S/C26H29F3N2O7/c1-16-2-5-21-17(10-16)12-25(38-21)6-8-31(9-7-25)13-19(33)14-36-22-11-18(32)3-4-20(22)30-23(34)15-37-24(35)26(27,28)29/h2-5,10-11,19,32-33H,6-9,12-15H2,1H3,(H,30,34)/t19-/m1/s1. The van der Waals surface area contributed by atoms with Gasteiger partial charge in [0.05, 0.1) is 5.69 Å². The van der Waals surface area contributed by atoms with Gasteiger partial charge in [-0.3, -0.25) is 4.79 Å². The number of halogens is 3. The van der Waals surface area contributed by atoms with Gasteiger partial charge in [-0.25, -0.2) is 4.79 Å². The Bertz CT molecular complexity index is 1180. The van der Waals surface area contributed by atoms with Gasteiger partial charge in [-0.2, -0.15) is 13.2 Å². The number of alkyl halides is 3. The molecule has 1 atom stereocenters. The van der Waals surface area contributed by atoms with Crippen molar-refractivity contribution in [2.45, 2.75) is 44.1 Å². The summed E-state index contributed by atoms with van der Waals surface area (Å²) in [6, 6.07) is 9.90. The number of likely N-dealkylation sites (tertiary alicyclic amines) is 1. The number of anilines is 1. The van der Waals surface area contributed by atoms with Crippen LogP contribution in [0.1, 0.15) is 24.0 Å². The number of carbonyl (C=O) groups is 2. The highest BCUT2D eigenvalue weighted by Crippen LogP contribution is 2.41. The lowest BCUT2D eigenvalue weighted by atomic mass is 9.87. The number of phenols is 1. The van der Waals surface area contributed by atoms with Crippen LogP contribution in [0.2, 0.25) is 0 Å². The summed E-state index contributed by atoms with van der Waals surface area (Å²) in [7, 11) is 0. The Hall–Kier alpha value is -3.51. The summed E-state index contributed by atoms with van der Waals surface area (Å²) in [6.07, 6.45) is -3.62. The van der Waals surface area contributed by atoms with Crippen LogP contribution >= 0.6 is 0 Å². The van der Waals surface area contributed by atoms with Crippen LogP contribution in [0.5, 0.6) is 17.2 Å². The molecule has 206 valence electrons. The summed E-state index contributed by atoms with van der Waals surface area (Å²) in [6.45, 7) is 2.52. The van der Waals surface area contributed by atoms with Crippen molar-refractivity contribution in [3.63, 3.8) is 0 Å². The summed E-state index contributed by atoms with van der Waals surface area (Å²) in [5.41, 5.74) is 2.22. The minimum Gasteiger partial charge on any atom is -0.508 e. The van der Waals surface area contributed by atoms with Crippen LogP contribution in [0.25, 0.3) is 0 Å². The van der Waals surface area contributed by atoms with Crippen LogP contribution in [0.3, 0.4) is 0 Å². The second-order valence-corrected chi connectivity index (χ2v) is 9.64. The fourth-order valence-corrected chi connectivity index (χ4v) is 4.65. The number of amides is 1. The van der Waals surface area contributed by atoms with E-state index in [4.69, 9.17) is 9.47 Å². The molecule has 9 nitrogen and oxygen atoms in total. The molecule has 0 aromatic heterocycles. The number of nitrogens with one attached hydrogen (secondary N) is 1. The summed E-state index contributed by atoms with van der Waals surface area (Å²) >= 11 is 0. The minimum atomic E-state index is -5.22. The maximum atomic E-state index is 12.2. The topological polar surface area (TPSA) is 118 Å². The highest BCUT2D eigenvalue weighted by Gasteiger charge is 2.42. The lowest BCUT2D eigenvalue weighted by Gasteiger charge is -2.39. The van der Waals surface area contributed by atoms with Crippen LogP contribution in [0.15, 0.2) is 36.4 Å². The molecule has 2 aliphatic rings. The van der Waals surface area contributed by atoms with Crippen molar-refractivity contribution in [2.24, 2.45) is 0 Å². The molecule has 1 fully saturated rings. The molecule has 38 heavy (non-hydrogen) atoms. The van der Waals surface area contributed by atoms with Gasteiger partial charge < -0.3 is 34.6 Å². The number of hydrogen-bond acceptors (Lipinski definition) is 8. The van der Waals surface area contributed by atoms with E-state index < -0.39 is 30.8 Å². The number of aliphatic hydroxyl groups is 1. The van der Waals surface area contributed by atoms with E-state index in [2.05, 4.69) is 27.9 Å². The fraction of sp³-hybridized carbons (Fsp3) is 0.462. The monoisotopic (exact) mass is 538 g/mol. The Kier molecular flexibility index (Phi) is 8.02. The van der Waals surface area contributed by atoms with E-state index in [1.807, 2.05) is 12.1 Å². The molecule has 4 rings (SSSR count). The molecule has 0 bridgehead atoms. The van der Waals surface area contributed by atoms with Gasteiger partial charge in [0, 0.05) is 45.0 Å². The second-order valence-electron chi connectivity index (χ2n) is 9.64. The van der Waals surface area contributed by atoms with Crippen molar-refractivity contribution in [3.8, 4) is 17.2 Å². The molecule has 2 aromatic carbocycles. The van der Waals surface area contributed by atoms with E-state index in [0.29, 0.717) is 6.54 Å². The predicted octanol–water partition coefficient (Wildman–Crippen LogP) is 2.95. The van der Waals surface area contributed by atoms with Crippen LogP contribution in [0, 0.1) is 6.92 Å². The Balaban J connectivity index is 1.25. The van der Waals surface area contributed by atoms with Gasteiger partial charge in [0.2, 0.25) is 0 Å². The summed E-state index contributed by atoms with van der Waals surface area (Å²) in [4.78, 5) is 24.8. The first-order chi connectivity index (χ1) is 17.9. The van der Waals surface area contributed by atoms with Gasteiger partial charge in [-0.15, -0.1) is 0 Å². The quantitative estimate of drug-likeness (QED) is 0.347. The zero-order valence-electron chi connectivity index (χ0n) is 20.7. The van der Waals surface area contributed by atoms with E-state index in [9.17, 15) is 33.0 Å². The number of esters is 1. The van der Waals surface area contributed by atoms with Gasteiger partial charge in [0.1, 0.15) is 35.6 Å². The molecule has 3 N–H and O–H groups in total. The van der Waals surface area contributed by atoms with Crippen molar-refractivity contribution >= 4 is 17.6 Å². The third kappa shape index (κ3) is 6.87. The summed E-state index contributed by atoms with van der Waals surface area (Å²) < 4.78 is 52.5. The number of piperidine rings is 1. The van der Waals surface area contributed by atoms with Crippen molar-refractivity contribution in [2.75, 3.05) is 38.2 Å². The number of aromatic hydroxyl groups is 1. The largest absolute Gasteiger partial charge is 0.508 e. The van der Waals surface area contributed by atoms with Gasteiger partial charge >= 0.3 is 12.1 Å². The molecule has 1 saturated heterocycles. The fourth-order valence-electron chi connectivity index (χ4n) is 4.65. The molecule has 0 saturated carbocycles. The number of rotatable bonds is 8. The summed E-state index contributed by atoms with van der Waals surface area (Å²) in [5.74, 6) is -2.78. The van der Waals surface area contributed by atoms with E-state index >= 15 is 0 Å². The molecule has 2 aliphatic heterocycles. The minimum absolute atomic E-state index is 0.00967. The molecule has 0 unspecified atom stereocenters. The average Bonchev–Trinajstić information content (AvgIpc) is 3.20. The first kappa shape index (κ1) is 27.5. The zero-order valence-corrected chi connectivity index (χ0v) is 20.7. The highest BCUT2D eigenvalue weighted by molar-refractivity contribution is 5.94. The van der Waals surface area contributed by atoms with Crippen LogP contribution < -0.4 is 14.8 Å². The maximum Gasteiger partial charge on any atom is 0.490 e. The van der Waals surface area contributed by atoms with E-state index in [-0.39, 0.29) is 29.4 Å².